The van der Waals surface area contributed by atoms with Gasteiger partial charge in [-0.15, -0.1) is 24.9 Å². The van der Waals surface area contributed by atoms with Crippen LogP contribution in [0.5, 0.6) is 0 Å². The zero-order valence-corrected chi connectivity index (χ0v) is 26.9. The number of hydrogen-bond acceptors (Lipinski definition) is 6. The summed E-state index contributed by atoms with van der Waals surface area (Å²) in [5.74, 6) is -2.14. The van der Waals surface area contributed by atoms with Crippen molar-refractivity contribution in [2.75, 3.05) is 24.7 Å². The highest BCUT2D eigenvalue weighted by Gasteiger charge is 2.74. The standard InChI is InChI=1S/C38H42N2O5S/c1-3-5-6-12-22-45-37(44)32-31-19-20-38(46-31)33(32)35(42)40(30(25-41)23-26-13-8-7-9-14-26)34(38)36(43)39(21-4-2)29-18-17-27-15-10-11-16-28(27)24-29/h3-4,7-11,13-18,24,30-34,41H,1-2,5-6,12,19-23,25H2/t30-,31-,32+,33+,34?,38?/m1/s1. The molecule has 3 aliphatic rings. The van der Waals surface area contributed by atoms with E-state index in [9.17, 15) is 14.7 Å². The normalized spacial score (nSPS) is 25.3. The summed E-state index contributed by atoms with van der Waals surface area (Å²) in [6, 6.07) is 22.1. The van der Waals surface area contributed by atoms with E-state index in [0.717, 1.165) is 42.0 Å². The number of unbranched alkanes of at least 4 members (excludes halogenated alkanes) is 2. The van der Waals surface area contributed by atoms with E-state index in [1.165, 1.54) is 0 Å². The maximum atomic E-state index is 15.0. The third-order valence-electron chi connectivity index (χ3n) is 9.83. The topological polar surface area (TPSA) is 87.1 Å². The number of nitrogens with zero attached hydrogens (tertiary/aromatic N) is 2. The first-order valence-electron chi connectivity index (χ1n) is 16.3. The van der Waals surface area contributed by atoms with Gasteiger partial charge in [-0.3, -0.25) is 14.4 Å². The third-order valence-corrected chi connectivity index (χ3v) is 11.8. The van der Waals surface area contributed by atoms with Gasteiger partial charge in [0.15, 0.2) is 0 Å². The summed E-state index contributed by atoms with van der Waals surface area (Å²) in [6.45, 7) is 7.94. The van der Waals surface area contributed by atoms with Gasteiger partial charge in [-0.1, -0.05) is 72.8 Å². The summed E-state index contributed by atoms with van der Waals surface area (Å²) < 4.78 is 4.97. The number of likely N-dealkylation sites (tertiary alicyclic amines) is 1. The van der Waals surface area contributed by atoms with E-state index >= 15 is 4.79 Å². The molecule has 240 valence electrons. The number of aliphatic hydroxyl groups excluding tert-OH is 1. The summed E-state index contributed by atoms with van der Waals surface area (Å²) >= 11 is 1.61. The van der Waals surface area contributed by atoms with Gasteiger partial charge in [0, 0.05) is 17.5 Å². The van der Waals surface area contributed by atoms with E-state index < -0.39 is 28.7 Å². The first kappa shape index (κ1) is 32.1. The second-order valence-electron chi connectivity index (χ2n) is 12.5. The lowest BCUT2D eigenvalue weighted by molar-refractivity contribution is -0.154. The van der Waals surface area contributed by atoms with E-state index in [1.54, 1.807) is 27.6 Å². The largest absolute Gasteiger partial charge is 0.465 e. The van der Waals surface area contributed by atoms with Crippen molar-refractivity contribution in [3.8, 4) is 0 Å². The molecule has 1 spiro atoms. The first-order valence-corrected chi connectivity index (χ1v) is 17.1. The molecule has 8 heteroatoms. The summed E-state index contributed by atoms with van der Waals surface area (Å²) in [5.41, 5.74) is 1.67. The fourth-order valence-electron chi connectivity index (χ4n) is 7.77. The van der Waals surface area contributed by atoms with Gasteiger partial charge in [0.25, 0.3) is 5.91 Å². The van der Waals surface area contributed by atoms with E-state index in [0.29, 0.717) is 25.1 Å². The van der Waals surface area contributed by atoms with Gasteiger partial charge >= 0.3 is 5.97 Å². The van der Waals surface area contributed by atoms with Gasteiger partial charge < -0.3 is 19.6 Å². The number of rotatable bonds is 14. The van der Waals surface area contributed by atoms with Crippen LogP contribution in [-0.2, 0) is 25.5 Å². The molecule has 2 bridgehead atoms. The number of anilines is 1. The SMILES string of the molecule is C=CCCCCOC(=O)[C@@H]1[C@H]2C(=O)N([C@@H](CO)Cc3ccccc3)C(C(=O)N(CC=C)c3ccc4ccccc4c3)C23CC[C@H]1S3. The minimum atomic E-state index is -0.863. The van der Waals surface area contributed by atoms with E-state index in [-0.39, 0.29) is 36.2 Å². The molecule has 3 fully saturated rings. The van der Waals surface area contributed by atoms with Crippen LogP contribution < -0.4 is 4.90 Å². The van der Waals surface area contributed by atoms with Crippen LogP contribution in [0.3, 0.4) is 0 Å². The molecule has 0 aromatic heterocycles. The van der Waals surface area contributed by atoms with Gasteiger partial charge in [0.1, 0.15) is 6.04 Å². The van der Waals surface area contributed by atoms with Crippen molar-refractivity contribution < 1.29 is 24.2 Å². The van der Waals surface area contributed by atoms with Crippen molar-refractivity contribution in [2.45, 2.75) is 60.6 Å². The molecule has 0 saturated carbocycles. The van der Waals surface area contributed by atoms with Crippen molar-refractivity contribution in [3.63, 3.8) is 0 Å². The Balaban J connectivity index is 1.38. The molecule has 3 aromatic rings. The van der Waals surface area contributed by atoms with Crippen molar-refractivity contribution in [2.24, 2.45) is 11.8 Å². The predicted octanol–water partition coefficient (Wildman–Crippen LogP) is 5.95. The maximum absolute atomic E-state index is 15.0. The number of allylic oxidation sites excluding steroid dienone is 1. The van der Waals surface area contributed by atoms with Crippen molar-refractivity contribution in [3.05, 3.63) is 104 Å². The van der Waals surface area contributed by atoms with Gasteiger partial charge in [0.2, 0.25) is 5.91 Å². The fraction of sp³-hybridized carbons (Fsp3) is 0.395. The Hall–Kier alpha value is -3.88. The Labute approximate surface area is 275 Å². The number of carbonyl (C=O) groups is 3. The fourth-order valence-corrected chi connectivity index (χ4v) is 9.96. The number of amides is 2. The zero-order chi connectivity index (χ0) is 32.3. The van der Waals surface area contributed by atoms with Gasteiger partial charge in [-0.05, 0) is 67.0 Å². The molecule has 1 N–H and O–H groups in total. The molecule has 0 aliphatic carbocycles. The molecule has 46 heavy (non-hydrogen) atoms. The second-order valence-corrected chi connectivity index (χ2v) is 14.1. The molecule has 6 rings (SSSR count). The molecule has 2 amide bonds. The molecule has 6 atom stereocenters. The predicted molar refractivity (Wildman–Crippen MR) is 183 cm³/mol. The van der Waals surface area contributed by atoms with Crippen LogP contribution in [0.25, 0.3) is 10.8 Å². The molecule has 3 saturated heterocycles. The number of esters is 1. The number of aliphatic hydroxyl groups is 1. The minimum absolute atomic E-state index is 0.0951. The van der Waals surface area contributed by atoms with Crippen LogP contribution in [0.2, 0.25) is 0 Å². The van der Waals surface area contributed by atoms with Crippen molar-refractivity contribution in [1.29, 1.82) is 0 Å². The van der Waals surface area contributed by atoms with Gasteiger partial charge in [0.05, 0.1) is 35.8 Å². The minimum Gasteiger partial charge on any atom is -0.465 e. The highest BCUT2D eigenvalue weighted by atomic mass is 32.2. The second kappa shape index (κ2) is 13.9. The zero-order valence-electron chi connectivity index (χ0n) is 26.1. The van der Waals surface area contributed by atoms with Crippen LogP contribution in [0.4, 0.5) is 5.69 Å². The summed E-state index contributed by atoms with van der Waals surface area (Å²) in [4.78, 5) is 46.7. The summed E-state index contributed by atoms with van der Waals surface area (Å²) in [5, 5.41) is 12.8. The smallest absolute Gasteiger partial charge is 0.310 e. The van der Waals surface area contributed by atoms with E-state index in [1.807, 2.05) is 78.9 Å². The number of thioether (sulfide) groups is 1. The van der Waals surface area contributed by atoms with Crippen LogP contribution in [0.15, 0.2) is 98.1 Å². The number of hydrogen-bond donors (Lipinski definition) is 1. The quantitative estimate of drug-likeness (QED) is 0.133. The molecule has 3 aliphatic heterocycles. The summed E-state index contributed by atoms with van der Waals surface area (Å²) in [6.07, 6.45) is 7.75. The maximum Gasteiger partial charge on any atom is 0.310 e. The van der Waals surface area contributed by atoms with Crippen LogP contribution in [-0.4, -0.2) is 69.6 Å². The molecule has 3 heterocycles. The molecule has 2 unspecified atom stereocenters. The molecule has 7 nitrogen and oxygen atoms in total. The van der Waals surface area contributed by atoms with Gasteiger partial charge in [-0.25, -0.2) is 0 Å². The Morgan fingerprint density at radius 1 is 1.04 bits per heavy atom. The molecule has 3 aromatic carbocycles. The highest BCUT2D eigenvalue weighted by Crippen LogP contribution is 2.67. The van der Waals surface area contributed by atoms with E-state index in [4.69, 9.17) is 4.74 Å². The van der Waals surface area contributed by atoms with Gasteiger partial charge in [-0.2, -0.15) is 0 Å². The number of carbonyl (C=O) groups excluding carboxylic acids is 3. The molecule has 0 radical (unpaired) electrons. The van der Waals surface area contributed by atoms with Crippen molar-refractivity contribution in [1.82, 2.24) is 4.90 Å². The molecular weight excluding hydrogens is 596 g/mol. The lowest BCUT2D eigenvalue weighted by atomic mass is 9.71. The lowest BCUT2D eigenvalue weighted by Crippen LogP contribution is -2.58. The lowest BCUT2D eigenvalue weighted by Gasteiger charge is -2.39. The highest BCUT2D eigenvalue weighted by molar-refractivity contribution is 8.02. The summed E-state index contributed by atoms with van der Waals surface area (Å²) in [7, 11) is 0. The first-order chi connectivity index (χ1) is 22.4. The number of fused-ring (bicyclic) bond motifs is 2. The monoisotopic (exact) mass is 638 g/mol. The third kappa shape index (κ3) is 5.77. The Kier molecular flexibility index (Phi) is 9.66. The average molecular weight is 639 g/mol. The van der Waals surface area contributed by atoms with Crippen LogP contribution >= 0.6 is 11.8 Å². The molecular formula is C38H42N2O5S. The Morgan fingerprint density at radius 2 is 1.80 bits per heavy atom. The number of benzene rings is 3. The van der Waals surface area contributed by atoms with Crippen LogP contribution in [0.1, 0.15) is 37.7 Å². The van der Waals surface area contributed by atoms with Crippen LogP contribution in [0, 0.1) is 11.8 Å². The van der Waals surface area contributed by atoms with Crippen molar-refractivity contribution >= 4 is 46.0 Å². The van der Waals surface area contributed by atoms with E-state index in [2.05, 4.69) is 13.2 Å². The number of ether oxygens (including phenoxy) is 1. The average Bonchev–Trinajstić information content (AvgIpc) is 3.73. The Morgan fingerprint density at radius 3 is 2.54 bits per heavy atom. The Bertz CT molecular complexity index is 1610.